The molecule has 2 aliphatic rings. The second-order valence-electron chi connectivity index (χ2n) is 5.64. The van der Waals surface area contributed by atoms with Crippen molar-refractivity contribution in [1.82, 2.24) is 20.4 Å². The molecule has 1 saturated carbocycles. The molecule has 10 heteroatoms. The molecule has 0 atom stereocenters. The number of imide groups is 1. The Morgan fingerprint density at radius 1 is 1.29 bits per heavy atom. The molecule has 0 bridgehead atoms. The smallest absolute Gasteiger partial charge is 0.325 e. The van der Waals surface area contributed by atoms with Crippen molar-refractivity contribution in [1.29, 1.82) is 0 Å². The lowest BCUT2D eigenvalue weighted by Gasteiger charge is -2.18. The van der Waals surface area contributed by atoms with E-state index in [2.05, 4.69) is 15.5 Å². The van der Waals surface area contributed by atoms with Crippen molar-refractivity contribution in [2.45, 2.75) is 24.9 Å². The van der Waals surface area contributed by atoms with Gasteiger partial charge in [0, 0.05) is 0 Å². The molecule has 2 heterocycles. The highest BCUT2D eigenvalue weighted by atomic mass is 32.1. The first-order chi connectivity index (χ1) is 11.4. The van der Waals surface area contributed by atoms with Crippen LogP contribution in [0, 0.1) is 11.6 Å². The maximum atomic E-state index is 13.9. The van der Waals surface area contributed by atoms with Crippen LogP contribution in [0.4, 0.5) is 13.6 Å². The molecular formula is C14H10F2N4O3S. The van der Waals surface area contributed by atoms with Crippen LogP contribution in [0.2, 0.25) is 0 Å². The summed E-state index contributed by atoms with van der Waals surface area (Å²) in [5.41, 5.74) is -0.872. The molecule has 7 nitrogen and oxygen atoms in total. The van der Waals surface area contributed by atoms with Gasteiger partial charge in [-0.1, -0.05) is 11.3 Å². The molecule has 2 N–H and O–H groups in total. The number of benzene rings is 1. The summed E-state index contributed by atoms with van der Waals surface area (Å²) in [6, 6.07) is 1.60. The monoisotopic (exact) mass is 352 g/mol. The van der Waals surface area contributed by atoms with E-state index in [4.69, 9.17) is 0 Å². The number of phenols is 1. The lowest BCUT2D eigenvalue weighted by atomic mass is 10.2. The van der Waals surface area contributed by atoms with Crippen LogP contribution < -0.4 is 5.32 Å². The summed E-state index contributed by atoms with van der Waals surface area (Å²) in [6.07, 6.45) is 1.19. The molecule has 2 aromatic rings. The van der Waals surface area contributed by atoms with E-state index in [-0.39, 0.29) is 23.0 Å². The number of phenolic OH excluding ortho intramolecular Hbond substituents is 1. The molecule has 24 heavy (non-hydrogen) atoms. The first-order valence-electron chi connectivity index (χ1n) is 7.05. The highest BCUT2D eigenvalue weighted by Gasteiger charge is 2.61. The largest absolute Gasteiger partial charge is 0.503 e. The third kappa shape index (κ3) is 2.06. The molecule has 0 unspecified atom stereocenters. The molecule has 2 fully saturated rings. The maximum Gasteiger partial charge on any atom is 0.325 e. The van der Waals surface area contributed by atoms with Gasteiger partial charge in [0.1, 0.15) is 10.5 Å². The molecule has 1 spiro atoms. The Balaban J connectivity index is 1.61. The number of carbonyl (C=O) groups is 2. The number of urea groups is 1. The van der Waals surface area contributed by atoms with E-state index in [0.717, 1.165) is 23.5 Å². The van der Waals surface area contributed by atoms with E-state index < -0.39 is 29.0 Å². The van der Waals surface area contributed by atoms with Gasteiger partial charge in [0.15, 0.2) is 22.4 Å². The Kier molecular flexibility index (Phi) is 3.07. The summed E-state index contributed by atoms with van der Waals surface area (Å²) in [5, 5.41) is 19.9. The number of rotatable bonds is 3. The topological polar surface area (TPSA) is 95.4 Å². The van der Waals surface area contributed by atoms with E-state index in [1.807, 2.05) is 0 Å². The van der Waals surface area contributed by atoms with Crippen molar-refractivity contribution in [3.63, 3.8) is 0 Å². The van der Waals surface area contributed by atoms with E-state index in [0.29, 0.717) is 17.8 Å². The van der Waals surface area contributed by atoms with Crippen LogP contribution in [-0.4, -0.2) is 37.7 Å². The number of aromatic nitrogens is 2. The number of hydrogen-bond donors (Lipinski definition) is 2. The number of nitrogens with zero attached hydrogens (tertiary/aromatic N) is 3. The summed E-state index contributed by atoms with van der Waals surface area (Å²) in [5.74, 6) is -3.58. The molecule has 124 valence electrons. The second-order valence-corrected chi connectivity index (χ2v) is 6.70. The van der Waals surface area contributed by atoms with Gasteiger partial charge in [-0.25, -0.2) is 13.6 Å². The van der Waals surface area contributed by atoms with Crippen LogP contribution in [0.3, 0.4) is 0 Å². The van der Waals surface area contributed by atoms with Gasteiger partial charge in [-0.3, -0.25) is 10.1 Å². The molecule has 3 amide bonds. The van der Waals surface area contributed by atoms with Crippen LogP contribution in [-0.2, 0) is 11.3 Å². The zero-order valence-electron chi connectivity index (χ0n) is 12.0. The molecular weight excluding hydrogens is 342 g/mol. The SMILES string of the molecule is O=C1NC(=O)C2(CC2)N1Cc1nnc(-c2ccc(F)c(O)c2F)s1. The number of amides is 3. The van der Waals surface area contributed by atoms with Gasteiger partial charge in [-0.2, -0.15) is 0 Å². The Morgan fingerprint density at radius 2 is 2.04 bits per heavy atom. The van der Waals surface area contributed by atoms with Crippen LogP contribution in [0.25, 0.3) is 10.6 Å². The zero-order chi connectivity index (χ0) is 17.1. The maximum absolute atomic E-state index is 13.9. The first kappa shape index (κ1) is 14.9. The summed E-state index contributed by atoms with van der Waals surface area (Å²) >= 11 is 1.00. The van der Waals surface area contributed by atoms with Crippen LogP contribution in [0.1, 0.15) is 17.8 Å². The fourth-order valence-electron chi connectivity index (χ4n) is 2.70. The minimum atomic E-state index is -1.12. The minimum absolute atomic E-state index is 0.0734. The van der Waals surface area contributed by atoms with E-state index in [9.17, 15) is 23.5 Å². The van der Waals surface area contributed by atoms with Gasteiger partial charge in [0.05, 0.1) is 12.1 Å². The number of carbonyl (C=O) groups excluding carboxylic acids is 2. The number of nitrogens with one attached hydrogen (secondary N) is 1. The minimum Gasteiger partial charge on any atom is -0.503 e. The van der Waals surface area contributed by atoms with Crippen molar-refractivity contribution in [3.8, 4) is 16.3 Å². The predicted molar refractivity (Wildman–Crippen MR) is 78.0 cm³/mol. The predicted octanol–water partition coefficient (Wildman–Crippen LogP) is 1.77. The zero-order valence-corrected chi connectivity index (χ0v) is 12.9. The average molecular weight is 352 g/mol. The molecule has 1 aromatic heterocycles. The Bertz CT molecular complexity index is 881. The molecule has 1 saturated heterocycles. The molecule has 4 rings (SSSR count). The summed E-state index contributed by atoms with van der Waals surface area (Å²) < 4.78 is 27.1. The standard InChI is InChI=1S/C14H10F2N4O3S/c15-7-2-1-6(9(16)10(7)21)11-19-18-8(24-11)5-20-13(23)17-12(22)14(20)3-4-14/h1-2,21H,3-5H2,(H,17,22,23). The van der Waals surface area contributed by atoms with Gasteiger partial charge in [0.2, 0.25) is 0 Å². The lowest BCUT2D eigenvalue weighted by molar-refractivity contribution is -0.122. The summed E-state index contributed by atoms with van der Waals surface area (Å²) in [7, 11) is 0. The number of aromatic hydroxyl groups is 1. The lowest BCUT2D eigenvalue weighted by Crippen LogP contribution is -2.36. The van der Waals surface area contributed by atoms with Gasteiger partial charge < -0.3 is 10.0 Å². The highest BCUT2D eigenvalue weighted by Crippen LogP contribution is 2.46. The van der Waals surface area contributed by atoms with Crippen LogP contribution >= 0.6 is 11.3 Å². The summed E-state index contributed by atoms with van der Waals surface area (Å²) in [4.78, 5) is 25.1. The number of halogens is 2. The van der Waals surface area contributed by atoms with Gasteiger partial charge in [-0.05, 0) is 25.0 Å². The first-order valence-corrected chi connectivity index (χ1v) is 7.87. The van der Waals surface area contributed by atoms with E-state index in [1.165, 1.54) is 4.90 Å². The highest BCUT2D eigenvalue weighted by molar-refractivity contribution is 7.14. The summed E-state index contributed by atoms with van der Waals surface area (Å²) in [6.45, 7) is 0.0734. The van der Waals surface area contributed by atoms with Crippen molar-refractivity contribution in [3.05, 3.63) is 28.8 Å². The van der Waals surface area contributed by atoms with E-state index >= 15 is 0 Å². The van der Waals surface area contributed by atoms with Crippen molar-refractivity contribution in [2.75, 3.05) is 0 Å². The normalized spacial score (nSPS) is 18.3. The van der Waals surface area contributed by atoms with Crippen molar-refractivity contribution >= 4 is 23.3 Å². The van der Waals surface area contributed by atoms with Gasteiger partial charge in [0.25, 0.3) is 5.91 Å². The molecule has 1 aliphatic heterocycles. The third-order valence-electron chi connectivity index (χ3n) is 4.19. The average Bonchev–Trinajstić information content (AvgIpc) is 3.17. The fraction of sp³-hybridized carbons (Fsp3) is 0.286. The Hall–Kier alpha value is -2.62. The van der Waals surface area contributed by atoms with Gasteiger partial charge in [-0.15, -0.1) is 10.2 Å². The van der Waals surface area contributed by atoms with E-state index in [1.54, 1.807) is 0 Å². The Labute approximate surface area is 137 Å². The number of hydrogen-bond acceptors (Lipinski definition) is 6. The Morgan fingerprint density at radius 3 is 2.75 bits per heavy atom. The molecule has 1 aromatic carbocycles. The molecule has 0 radical (unpaired) electrons. The molecule has 1 aliphatic carbocycles. The second kappa shape index (κ2) is 4.94. The quantitative estimate of drug-likeness (QED) is 0.821. The van der Waals surface area contributed by atoms with Crippen LogP contribution in [0.15, 0.2) is 12.1 Å². The van der Waals surface area contributed by atoms with Gasteiger partial charge >= 0.3 is 6.03 Å². The van der Waals surface area contributed by atoms with Crippen molar-refractivity contribution < 1.29 is 23.5 Å². The van der Waals surface area contributed by atoms with Crippen molar-refractivity contribution in [2.24, 2.45) is 0 Å². The third-order valence-corrected chi connectivity index (χ3v) is 5.13. The van der Waals surface area contributed by atoms with Crippen LogP contribution in [0.5, 0.6) is 5.75 Å². The fourth-order valence-corrected chi connectivity index (χ4v) is 3.55.